The van der Waals surface area contributed by atoms with Crippen LogP contribution in [0.1, 0.15) is 20.7 Å². The predicted octanol–water partition coefficient (Wildman–Crippen LogP) is 4.88. The molecule has 0 aliphatic carbocycles. The lowest BCUT2D eigenvalue weighted by molar-refractivity contribution is 0.0900. The van der Waals surface area contributed by atoms with Crippen LogP contribution in [0.2, 0.25) is 0 Å². The van der Waals surface area contributed by atoms with Crippen LogP contribution in [0.5, 0.6) is 0 Å². The Hall–Kier alpha value is -0.970. The number of benzene rings is 2. The van der Waals surface area contributed by atoms with Gasteiger partial charge in [0.05, 0.1) is 0 Å². The molecule has 0 saturated carbocycles. The van der Waals surface area contributed by atoms with E-state index < -0.39 is 16.9 Å². The van der Waals surface area contributed by atoms with Crippen LogP contribution in [0.25, 0.3) is 0 Å². The van der Waals surface area contributed by atoms with E-state index in [-0.39, 0.29) is 0 Å². The topological polar surface area (TPSA) is 34.1 Å². The molecule has 102 valence electrons. The van der Waals surface area contributed by atoms with Crippen molar-refractivity contribution in [3.05, 3.63) is 68.6 Å². The summed E-state index contributed by atoms with van der Waals surface area (Å²) >= 11 is 12.6. The van der Waals surface area contributed by atoms with E-state index in [1.807, 2.05) is 0 Å². The quantitative estimate of drug-likeness (QED) is 0.404. The predicted molar refractivity (Wildman–Crippen MR) is 86.6 cm³/mol. The molecule has 0 radical (unpaired) electrons. The van der Waals surface area contributed by atoms with Gasteiger partial charge in [0.2, 0.25) is 0 Å². The van der Waals surface area contributed by atoms with Crippen molar-refractivity contribution in [3.8, 4) is 0 Å². The molecule has 0 aromatic heterocycles. The summed E-state index contributed by atoms with van der Waals surface area (Å²) in [4.78, 5) is 24.4. The van der Waals surface area contributed by atoms with E-state index in [9.17, 15) is 9.59 Å². The summed E-state index contributed by atoms with van der Waals surface area (Å²) in [6.07, 6.45) is 0. The van der Waals surface area contributed by atoms with Crippen LogP contribution in [0.15, 0.2) is 57.5 Å². The molecule has 5 heteroatoms. The molecule has 0 heterocycles. The summed E-state index contributed by atoms with van der Waals surface area (Å²) in [5.41, 5.74) is 0.811. The molecule has 0 fully saturated rings. The summed E-state index contributed by atoms with van der Waals surface area (Å²) < 4.78 is 1.53. The first kappa shape index (κ1) is 15.4. The second kappa shape index (κ2) is 6.66. The summed E-state index contributed by atoms with van der Waals surface area (Å²) in [6, 6.07) is 13.6. The third kappa shape index (κ3) is 3.57. The third-order valence-electron chi connectivity index (χ3n) is 2.68. The summed E-state index contributed by atoms with van der Waals surface area (Å²) in [5, 5.41) is -1.22. The van der Waals surface area contributed by atoms with Crippen LogP contribution in [0.3, 0.4) is 0 Å². The molecule has 2 rings (SSSR count). The van der Waals surface area contributed by atoms with Gasteiger partial charge in [0.1, 0.15) is 0 Å². The zero-order valence-corrected chi connectivity index (χ0v) is 14.1. The van der Waals surface area contributed by atoms with Crippen molar-refractivity contribution in [2.75, 3.05) is 0 Å². The Morgan fingerprint density at radius 3 is 1.60 bits per heavy atom. The molecule has 0 saturated heterocycles. The third-order valence-corrected chi connectivity index (χ3v) is 4.06. The van der Waals surface area contributed by atoms with Crippen LogP contribution in [0.4, 0.5) is 0 Å². The van der Waals surface area contributed by atoms with Crippen molar-refractivity contribution in [2.24, 2.45) is 0 Å². The first-order chi connectivity index (χ1) is 9.49. The van der Waals surface area contributed by atoms with E-state index in [0.717, 1.165) is 8.95 Å². The van der Waals surface area contributed by atoms with Gasteiger partial charge in [-0.25, -0.2) is 0 Å². The number of carbonyl (C=O) groups excluding carboxylic acids is 2. The van der Waals surface area contributed by atoms with E-state index in [4.69, 9.17) is 11.6 Å². The lowest BCUT2D eigenvalue weighted by atomic mass is 10.0. The van der Waals surface area contributed by atoms with Gasteiger partial charge in [-0.1, -0.05) is 56.1 Å². The maximum Gasteiger partial charge on any atom is 0.188 e. The van der Waals surface area contributed by atoms with Crippen molar-refractivity contribution >= 4 is 55.0 Å². The molecule has 0 aliphatic rings. The highest BCUT2D eigenvalue weighted by Crippen LogP contribution is 2.19. The molecule has 2 nitrogen and oxygen atoms in total. The first-order valence-electron chi connectivity index (χ1n) is 5.72. The molecular weight excluding hydrogens is 407 g/mol. The molecule has 0 spiro atoms. The molecule has 0 unspecified atom stereocenters. The van der Waals surface area contributed by atoms with Crippen molar-refractivity contribution in [2.45, 2.75) is 5.38 Å². The molecular formula is C15H9Br2ClO2. The number of rotatable bonds is 4. The minimum absolute atomic E-state index is 0.405. The minimum Gasteiger partial charge on any atom is -0.292 e. The SMILES string of the molecule is O=C(c1cccc(Br)c1)C(Cl)C(=O)c1cccc(Br)c1. The highest BCUT2D eigenvalue weighted by Gasteiger charge is 2.26. The Bertz CT molecular complexity index is 613. The monoisotopic (exact) mass is 414 g/mol. The summed E-state index contributed by atoms with van der Waals surface area (Å²) in [6.45, 7) is 0. The molecule has 2 aromatic carbocycles. The smallest absolute Gasteiger partial charge is 0.188 e. The lowest BCUT2D eigenvalue weighted by Crippen LogP contribution is -2.25. The highest BCUT2D eigenvalue weighted by molar-refractivity contribution is 9.10. The van der Waals surface area contributed by atoms with E-state index in [0.29, 0.717) is 11.1 Å². The Kier molecular flexibility index (Phi) is 5.13. The second-order valence-electron chi connectivity index (χ2n) is 4.11. The number of carbonyl (C=O) groups is 2. The normalized spacial score (nSPS) is 10.6. The van der Waals surface area contributed by atoms with Gasteiger partial charge in [0.25, 0.3) is 0 Å². The van der Waals surface area contributed by atoms with Crippen LogP contribution in [-0.2, 0) is 0 Å². The highest BCUT2D eigenvalue weighted by atomic mass is 79.9. The Labute approximate surface area is 138 Å². The van der Waals surface area contributed by atoms with Gasteiger partial charge in [0, 0.05) is 20.1 Å². The lowest BCUT2D eigenvalue weighted by Gasteiger charge is -2.08. The maximum absolute atomic E-state index is 12.2. The molecule has 0 bridgehead atoms. The Morgan fingerprint density at radius 2 is 1.25 bits per heavy atom. The zero-order valence-electron chi connectivity index (χ0n) is 10.1. The Morgan fingerprint density at radius 1 is 0.850 bits per heavy atom. The summed E-state index contributed by atoms with van der Waals surface area (Å²) in [7, 11) is 0. The van der Waals surface area contributed by atoms with Crippen LogP contribution in [0, 0.1) is 0 Å². The van der Waals surface area contributed by atoms with Crippen molar-refractivity contribution in [1.82, 2.24) is 0 Å². The molecule has 20 heavy (non-hydrogen) atoms. The van der Waals surface area contributed by atoms with Gasteiger partial charge in [-0.15, -0.1) is 11.6 Å². The van der Waals surface area contributed by atoms with E-state index >= 15 is 0 Å². The van der Waals surface area contributed by atoms with Gasteiger partial charge in [-0.3, -0.25) is 9.59 Å². The molecule has 0 N–H and O–H groups in total. The number of halogens is 3. The van der Waals surface area contributed by atoms with Gasteiger partial charge in [-0.2, -0.15) is 0 Å². The molecule has 0 amide bonds. The van der Waals surface area contributed by atoms with Gasteiger partial charge in [-0.05, 0) is 24.3 Å². The van der Waals surface area contributed by atoms with Gasteiger partial charge in [0.15, 0.2) is 16.9 Å². The van der Waals surface area contributed by atoms with Crippen LogP contribution < -0.4 is 0 Å². The standard InChI is InChI=1S/C15H9Br2ClO2/c16-11-5-1-3-9(7-11)14(19)13(18)15(20)10-4-2-6-12(17)8-10/h1-8,13H. The number of ketones is 2. The average molecular weight is 416 g/mol. The van der Waals surface area contributed by atoms with Gasteiger partial charge >= 0.3 is 0 Å². The minimum atomic E-state index is -1.22. The Balaban J connectivity index is 2.25. The zero-order chi connectivity index (χ0) is 14.7. The molecule has 0 atom stereocenters. The van der Waals surface area contributed by atoms with Crippen LogP contribution >= 0.6 is 43.5 Å². The van der Waals surface area contributed by atoms with Crippen LogP contribution in [-0.4, -0.2) is 16.9 Å². The number of hydrogen-bond donors (Lipinski definition) is 0. The van der Waals surface area contributed by atoms with Crippen molar-refractivity contribution in [1.29, 1.82) is 0 Å². The largest absolute Gasteiger partial charge is 0.292 e. The maximum atomic E-state index is 12.2. The van der Waals surface area contributed by atoms with E-state index in [1.165, 1.54) is 0 Å². The summed E-state index contributed by atoms with van der Waals surface area (Å²) in [5.74, 6) is -0.809. The first-order valence-corrected chi connectivity index (χ1v) is 7.75. The number of Topliss-reactive ketones (excluding diaryl/α,β-unsaturated/α-hetero) is 2. The second-order valence-corrected chi connectivity index (χ2v) is 6.38. The van der Waals surface area contributed by atoms with E-state index in [2.05, 4.69) is 31.9 Å². The van der Waals surface area contributed by atoms with Gasteiger partial charge < -0.3 is 0 Å². The fourth-order valence-electron chi connectivity index (χ4n) is 1.70. The fraction of sp³-hybridized carbons (Fsp3) is 0.0667. The average Bonchev–Trinajstić information content (AvgIpc) is 2.45. The number of alkyl halides is 1. The fourth-order valence-corrected chi connectivity index (χ4v) is 2.75. The molecule has 2 aromatic rings. The number of hydrogen-bond acceptors (Lipinski definition) is 2. The van der Waals surface area contributed by atoms with Crippen molar-refractivity contribution in [3.63, 3.8) is 0 Å². The van der Waals surface area contributed by atoms with Crippen molar-refractivity contribution < 1.29 is 9.59 Å². The van der Waals surface area contributed by atoms with E-state index in [1.54, 1.807) is 48.5 Å². The molecule has 0 aliphatic heterocycles.